The fraction of sp³-hybridized carbons (Fsp3) is 0.417. The molecule has 0 amide bonds. The first-order chi connectivity index (χ1) is 9.70. The number of nitrogens with two attached hydrogens (primary N) is 1. The molecule has 0 aliphatic rings. The number of hydrogen-bond donors (Lipinski definition) is 2. The largest absolute Gasteiger partial charge is 0.409 e. The highest BCUT2D eigenvalue weighted by Gasteiger charge is 2.29. The van der Waals surface area contributed by atoms with Crippen LogP contribution in [-0.4, -0.2) is 36.4 Å². The van der Waals surface area contributed by atoms with Gasteiger partial charge in [0.15, 0.2) is 0 Å². The number of sulfonamides is 1. The van der Waals surface area contributed by atoms with Crippen molar-refractivity contribution in [2.75, 3.05) is 6.54 Å². The Labute approximate surface area is 137 Å². The van der Waals surface area contributed by atoms with Gasteiger partial charge in [0, 0.05) is 23.5 Å². The van der Waals surface area contributed by atoms with Crippen molar-refractivity contribution in [1.82, 2.24) is 4.31 Å². The van der Waals surface area contributed by atoms with Gasteiger partial charge in [-0.25, -0.2) is 8.42 Å². The monoisotopic (exact) mass is 397 g/mol. The Hall–Kier alpha value is -0.830. The summed E-state index contributed by atoms with van der Waals surface area (Å²) >= 11 is 9.26. The van der Waals surface area contributed by atoms with Gasteiger partial charge in [0.2, 0.25) is 10.0 Å². The van der Waals surface area contributed by atoms with E-state index in [0.29, 0.717) is 4.47 Å². The lowest BCUT2D eigenvalue weighted by Crippen LogP contribution is -2.39. The van der Waals surface area contributed by atoms with E-state index < -0.39 is 10.0 Å². The third kappa shape index (κ3) is 4.57. The van der Waals surface area contributed by atoms with Crippen molar-refractivity contribution in [2.24, 2.45) is 10.9 Å². The molecule has 0 aromatic heterocycles. The average Bonchev–Trinajstić information content (AvgIpc) is 2.37. The van der Waals surface area contributed by atoms with Crippen LogP contribution in [0.5, 0.6) is 0 Å². The number of nitrogens with zero attached hydrogens (tertiary/aromatic N) is 2. The summed E-state index contributed by atoms with van der Waals surface area (Å²) in [4.78, 5) is 0.0283. The Morgan fingerprint density at radius 2 is 2.14 bits per heavy atom. The van der Waals surface area contributed by atoms with Crippen molar-refractivity contribution in [3.63, 3.8) is 0 Å². The minimum absolute atomic E-state index is 0.0283. The Kier molecular flexibility index (Phi) is 6.45. The second-order valence-electron chi connectivity index (χ2n) is 4.63. The standard InChI is InChI=1S/C12H17BrClN3O3S/c1-8(2)17(6-5-12(15)16-18)21(19,20)11-4-3-9(13)7-10(11)14/h3-4,7-8,18H,5-6H2,1-2H3,(H2,15,16). The molecule has 0 spiro atoms. The molecule has 0 radical (unpaired) electrons. The van der Waals surface area contributed by atoms with Crippen LogP contribution < -0.4 is 5.73 Å². The van der Waals surface area contributed by atoms with Gasteiger partial charge in [0.25, 0.3) is 0 Å². The maximum Gasteiger partial charge on any atom is 0.244 e. The molecule has 6 nitrogen and oxygen atoms in total. The molecular weight excluding hydrogens is 382 g/mol. The number of halogens is 2. The van der Waals surface area contributed by atoms with Crippen LogP contribution in [-0.2, 0) is 10.0 Å². The number of amidine groups is 1. The van der Waals surface area contributed by atoms with Gasteiger partial charge in [-0.05, 0) is 32.0 Å². The number of benzene rings is 1. The summed E-state index contributed by atoms with van der Waals surface area (Å²) in [6.45, 7) is 3.59. The smallest absolute Gasteiger partial charge is 0.244 e. The fourth-order valence-electron chi connectivity index (χ4n) is 1.74. The second kappa shape index (κ2) is 7.44. The lowest BCUT2D eigenvalue weighted by Gasteiger charge is -2.26. The highest BCUT2D eigenvalue weighted by molar-refractivity contribution is 9.10. The zero-order valence-corrected chi connectivity index (χ0v) is 14.8. The molecule has 0 heterocycles. The van der Waals surface area contributed by atoms with E-state index in [0.717, 1.165) is 0 Å². The van der Waals surface area contributed by atoms with Crippen molar-refractivity contribution in [3.8, 4) is 0 Å². The molecule has 0 fully saturated rings. The molecule has 0 saturated carbocycles. The van der Waals surface area contributed by atoms with Gasteiger partial charge in [0.05, 0.1) is 5.02 Å². The molecule has 3 N–H and O–H groups in total. The van der Waals surface area contributed by atoms with E-state index in [1.807, 2.05) is 0 Å². The maximum absolute atomic E-state index is 12.7. The molecule has 0 unspecified atom stereocenters. The summed E-state index contributed by atoms with van der Waals surface area (Å²) in [7, 11) is -3.76. The SMILES string of the molecule is CC(C)N(CCC(N)=NO)S(=O)(=O)c1ccc(Br)cc1Cl. The third-order valence-electron chi connectivity index (χ3n) is 2.77. The molecule has 21 heavy (non-hydrogen) atoms. The molecule has 118 valence electrons. The lowest BCUT2D eigenvalue weighted by atomic mass is 10.3. The minimum atomic E-state index is -3.76. The Morgan fingerprint density at radius 1 is 1.52 bits per heavy atom. The van der Waals surface area contributed by atoms with Gasteiger partial charge in [-0.15, -0.1) is 0 Å². The minimum Gasteiger partial charge on any atom is -0.409 e. The number of hydrogen-bond acceptors (Lipinski definition) is 4. The number of oxime groups is 1. The topological polar surface area (TPSA) is 96.0 Å². The molecule has 0 aliphatic heterocycles. The van der Waals surface area contributed by atoms with Crippen LogP contribution in [0.1, 0.15) is 20.3 Å². The first-order valence-corrected chi connectivity index (χ1v) is 8.74. The van der Waals surface area contributed by atoms with E-state index in [1.54, 1.807) is 19.9 Å². The van der Waals surface area contributed by atoms with Crippen molar-refractivity contribution in [3.05, 3.63) is 27.7 Å². The van der Waals surface area contributed by atoms with Crippen LogP contribution in [0.3, 0.4) is 0 Å². The lowest BCUT2D eigenvalue weighted by molar-refractivity contribution is 0.313. The summed E-state index contributed by atoms with van der Waals surface area (Å²) < 4.78 is 27.3. The molecule has 0 bridgehead atoms. The first kappa shape index (κ1) is 18.2. The highest BCUT2D eigenvalue weighted by Crippen LogP contribution is 2.28. The van der Waals surface area contributed by atoms with Gasteiger partial charge in [-0.3, -0.25) is 0 Å². The molecular formula is C12H17BrClN3O3S. The summed E-state index contributed by atoms with van der Waals surface area (Å²) in [6.07, 6.45) is 0.127. The number of rotatable bonds is 6. The van der Waals surface area contributed by atoms with E-state index in [-0.39, 0.29) is 34.8 Å². The summed E-state index contributed by atoms with van der Waals surface area (Å²) in [5, 5.41) is 11.5. The molecule has 0 atom stereocenters. The van der Waals surface area contributed by atoms with Crippen LogP contribution in [0, 0.1) is 0 Å². The van der Waals surface area contributed by atoms with Gasteiger partial charge in [0.1, 0.15) is 10.7 Å². The summed E-state index contributed by atoms with van der Waals surface area (Å²) in [6, 6.07) is 4.29. The quantitative estimate of drug-likeness (QED) is 0.333. The van der Waals surface area contributed by atoms with E-state index in [9.17, 15) is 8.42 Å². The van der Waals surface area contributed by atoms with Crippen molar-refractivity contribution in [1.29, 1.82) is 0 Å². The van der Waals surface area contributed by atoms with E-state index in [1.165, 1.54) is 16.4 Å². The molecule has 0 aliphatic carbocycles. The van der Waals surface area contributed by atoms with Crippen LogP contribution in [0.25, 0.3) is 0 Å². The van der Waals surface area contributed by atoms with E-state index >= 15 is 0 Å². The first-order valence-electron chi connectivity index (χ1n) is 6.13. The maximum atomic E-state index is 12.7. The van der Waals surface area contributed by atoms with E-state index in [4.69, 9.17) is 22.5 Å². The summed E-state index contributed by atoms with van der Waals surface area (Å²) in [5.74, 6) is -0.0299. The normalized spacial score (nSPS) is 13.1. The fourth-order valence-corrected chi connectivity index (χ4v) is 4.39. The van der Waals surface area contributed by atoms with Crippen LogP contribution in [0.4, 0.5) is 0 Å². The third-order valence-corrected chi connectivity index (χ3v) is 5.82. The van der Waals surface area contributed by atoms with E-state index in [2.05, 4.69) is 21.1 Å². The molecule has 1 aromatic carbocycles. The van der Waals surface area contributed by atoms with Crippen LogP contribution >= 0.6 is 27.5 Å². The second-order valence-corrected chi connectivity index (χ2v) is 7.81. The van der Waals surface area contributed by atoms with Crippen molar-refractivity contribution < 1.29 is 13.6 Å². The predicted molar refractivity (Wildman–Crippen MR) is 86.2 cm³/mol. The molecule has 1 aromatic rings. The van der Waals surface area contributed by atoms with Crippen molar-refractivity contribution in [2.45, 2.75) is 31.2 Å². The molecule has 9 heteroatoms. The average molecular weight is 399 g/mol. The zero-order valence-electron chi connectivity index (χ0n) is 11.6. The van der Waals surface area contributed by atoms with Gasteiger partial charge in [-0.1, -0.05) is 32.7 Å². The Balaban J connectivity index is 3.16. The van der Waals surface area contributed by atoms with Crippen LogP contribution in [0.15, 0.2) is 32.7 Å². The predicted octanol–water partition coefficient (Wildman–Crippen LogP) is 2.64. The Morgan fingerprint density at radius 3 is 2.62 bits per heavy atom. The van der Waals surface area contributed by atoms with Gasteiger partial charge in [-0.2, -0.15) is 4.31 Å². The summed E-state index contributed by atoms with van der Waals surface area (Å²) in [5.41, 5.74) is 5.40. The van der Waals surface area contributed by atoms with Gasteiger partial charge >= 0.3 is 0 Å². The van der Waals surface area contributed by atoms with Crippen LogP contribution in [0.2, 0.25) is 5.02 Å². The molecule has 0 saturated heterocycles. The highest BCUT2D eigenvalue weighted by atomic mass is 79.9. The van der Waals surface area contributed by atoms with Gasteiger partial charge < -0.3 is 10.9 Å². The molecule has 1 rings (SSSR count). The van der Waals surface area contributed by atoms with Crippen molar-refractivity contribution >= 4 is 43.4 Å². The Bertz CT molecular complexity index is 635. The zero-order chi connectivity index (χ0) is 16.2.